The van der Waals surface area contributed by atoms with Gasteiger partial charge in [-0.15, -0.1) is 0 Å². The number of hydrogen-bond acceptors (Lipinski definition) is 8. The van der Waals surface area contributed by atoms with Gasteiger partial charge in [-0.25, -0.2) is 4.79 Å². The van der Waals surface area contributed by atoms with E-state index in [2.05, 4.69) is 0 Å². The lowest BCUT2D eigenvalue weighted by Gasteiger charge is -2.25. The predicted octanol–water partition coefficient (Wildman–Crippen LogP) is -1.71. The fourth-order valence-electron chi connectivity index (χ4n) is 1.71. The van der Waals surface area contributed by atoms with Crippen LogP contribution in [0.3, 0.4) is 0 Å². The molecule has 0 aliphatic rings. The Morgan fingerprint density at radius 3 is 2.27 bits per heavy atom. The smallest absolute Gasteiger partial charge is 0.342 e. The van der Waals surface area contributed by atoms with Gasteiger partial charge in [-0.3, -0.25) is 0 Å². The van der Waals surface area contributed by atoms with Crippen LogP contribution in [0.25, 0.3) is 0 Å². The van der Waals surface area contributed by atoms with Gasteiger partial charge in [-0.2, -0.15) is 0 Å². The quantitative estimate of drug-likeness (QED) is 0.358. The molecule has 1 aromatic carbocycles. The van der Waals surface area contributed by atoms with E-state index in [-0.39, 0.29) is 5.56 Å². The second kappa shape index (κ2) is 8.66. The summed E-state index contributed by atoms with van der Waals surface area (Å²) >= 11 is 0. The highest BCUT2D eigenvalue weighted by atomic mass is 16.5. The second-order valence-corrected chi connectivity index (χ2v) is 4.60. The zero-order valence-electron chi connectivity index (χ0n) is 12.0. The van der Waals surface area contributed by atoms with Gasteiger partial charge in [-0.05, 0) is 12.1 Å². The summed E-state index contributed by atoms with van der Waals surface area (Å²) in [4.78, 5) is 11.9. The average Bonchev–Trinajstić information content (AvgIpc) is 2.56. The lowest BCUT2D eigenvalue weighted by Crippen LogP contribution is -2.47. The van der Waals surface area contributed by atoms with Crippen LogP contribution in [0.1, 0.15) is 10.4 Å². The molecule has 0 spiro atoms. The third-order valence-electron chi connectivity index (χ3n) is 3.04. The van der Waals surface area contributed by atoms with Crippen molar-refractivity contribution in [3.8, 4) is 5.75 Å². The van der Waals surface area contributed by atoms with E-state index in [1.807, 2.05) is 0 Å². The van der Waals surface area contributed by atoms with Gasteiger partial charge in [0.2, 0.25) is 0 Å². The predicted molar refractivity (Wildman–Crippen MR) is 74.4 cm³/mol. The number of benzene rings is 1. The number of aliphatic hydroxyl groups excluding tert-OH is 5. The normalized spacial score (nSPS) is 16.5. The van der Waals surface area contributed by atoms with Crippen molar-refractivity contribution >= 4 is 5.97 Å². The van der Waals surface area contributed by atoms with Crippen molar-refractivity contribution in [2.24, 2.45) is 0 Å². The maximum absolute atomic E-state index is 11.9. The van der Waals surface area contributed by atoms with Crippen molar-refractivity contribution < 1.29 is 39.8 Å². The number of ether oxygens (including phenoxy) is 2. The zero-order valence-corrected chi connectivity index (χ0v) is 12.0. The van der Waals surface area contributed by atoms with Crippen molar-refractivity contribution in [1.29, 1.82) is 0 Å². The molecule has 0 aliphatic heterocycles. The van der Waals surface area contributed by atoms with Crippen molar-refractivity contribution in [1.82, 2.24) is 0 Å². The Bertz CT molecular complexity index is 478. The molecule has 0 unspecified atom stereocenters. The lowest BCUT2D eigenvalue weighted by atomic mass is 10.0. The van der Waals surface area contributed by atoms with Gasteiger partial charge < -0.3 is 35.0 Å². The summed E-state index contributed by atoms with van der Waals surface area (Å²) in [6.45, 7) is -1.39. The lowest BCUT2D eigenvalue weighted by molar-refractivity contribution is -0.124. The van der Waals surface area contributed by atoms with Crippen molar-refractivity contribution in [3.05, 3.63) is 29.8 Å². The first-order valence-corrected chi connectivity index (χ1v) is 6.55. The van der Waals surface area contributed by atoms with E-state index in [4.69, 9.17) is 14.6 Å². The SMILES string of the molecule is COc1ccccc1C(=O)OC[C@@H](O)[C@@H](O)[C@H](O)[C@@H](O)CO. The molecular formula is C14H20O8. The van der Waals surface area contributed by atoms with Crippen LogP contribution >= 0.6 is 0 Å². The Hall–Kier alpha value is -1.71. The molecule has 1 rings (SSSR count). The zero-order chi connectivity index (χ0) is 16.7. The summed E-state index contributed by atoms with van der Waals surface area (Å²) in [6.07, 6.45) is -6.80. The summed E-state index contributed by atoms with van der Waals surface area (Å²) in [6, 6.07) is 6.30. The first kappa shape index (κ1) is 18.3. The molecule has 1 aromatic rings. The minimum atomic E-state index is -1.78. The van der Waals surface area contributed by atoms with Gasteiger partial charge in [-0.1, -0.05) is 12.1 Å². The number of carbonyl (C=O) groups is 1. The number of rotatable bonds is 8. The maximum Gasteiger partial charge on any atom is 0.342 e. The third-order valence-corrected chi connectivity index (χ3v) is 3.04. The van der Waals surface area contributed by atoms with Crippen molar-refractivity contribution in [3.63, 3.8) is 0 Å². The summed E-state index contributed by atoms with van der Waals surface area (Å²) in [7, 11) is 1.39. The molecule has 4 atom stereocenters. The first-order chi connectivity index (χ1) is 10.4. The Morgan fingerprint density at radius 1 is 1.09 bits per heavy atom. The molecular weight excluding hydrogens is 296 g/mol. The molecule has 0 saturated heterocycles. The topological polar surface area (TPSA) is 137 Å². The first-order valence-electron chi connectivity index (χ1n) is 6.55. The number of carbonyl (C=O) groups excluding carboxylic acids is 1. The Morgan fingerprint density at radius 2 is 1.68 bits per heavy atom. The molecule has 22 heavy (non-hydrogen) atoms. The summed E-state index contributed by atoms with van der Waals surface area (Å²) in [5, 5.41) is 46.5. The van der Waals surface area contributed by atoms with Crippen molar-refractivity contribution in [2.75, 3.05) is 20.3 Å². The molecule has 124 valence electrons. The van der Waals surface area contributed by atoms with E-state index in [9.17, 15) is 25.2 Å². The molecule has 0 fully saturated rings. The van der Waals surface area contributed by atoms with Crippen LogP contribution in [0.5, 0.6) is 5.75 Å². The number of methoxy groups -OCH3 is 1. The summed E-state index contributed by atoms with van der Waals surface area (Å²) in [5.41, 5.74) is 0.141. The van der Waals surface area contributed by atoms with Crippen LogP contribution in [0.15, 0.2) is 24.3 Å². The van der Waals surface area contributed by atoms with Gasteiger partial charge in [0.15, 0.2) is 0 Å². The summed E-state index contributed by atoms with van der Waals surface area (Å²) in [5.74, 6) is -0.487. The van der Waals surface area contributed by atoms with Crippen LogP contribution < -0.4 is 4.74 Å². The van der Waals surface area contributed by atoms with Crippen molar-refractivity contribution in [2.45, 2.75) is 24.4 Å². The highest BCUT2D eigenvalue weighted by molar-refractivity contribution is 5.92. The van der Waals surface area contributed by atoms with Gasteiger partial charge in [0.1, 0.15) is 42.3 Å². The second-order valence-electron chi connectivity index (χ2n) is 4.60. The molecule has 8 nitrogen and oxygen atoms in total. The minimum absolute atomic E-state index is 0.141. The highest BCUT2D eigenvalue weighted by Gasteiger charge is 2.31. The summed E-state index contributed by atoms with van der Waals surface area (Å²) < 4.78 is 9.82. The molecule has 0 aromatic heterocycles. The number of aliphatic hydroxyl groups is 5. The molecule has 0 aliphatic carbocycles. The molecule has 0 amide bonds. The standard InChI is InChI=1S/C14H20O8/c1-21-11-5-3-2-4-8(11)14(20)22-7-10(17)13(19)12(18)9(16)6-15/h2-5,9-10,12-13,15-19H,6-7H2,1H3/t9-,10+,12+,13+/m0/s1. The van der Waals surface area contributed by atoms with E-state index in [0.29, 0.717) is 5.75 Å². The van der Waals surface area contributed by atoms with Crippen LogP contribution in [0, 0.1) is 0 Å². The van der Waals surface area contributed by atoms with E-state index < -0.39 is 43.6 Å². The van der Waals surface area contributed by atoms with Gasteiger partial charge in [0.25, 0.3) is 0 Å². The van der Waals surface area contributed by atoms with Crippen LogP contribution in [-0.4, -0.2) is 76.2 Å². The molecule has 5 N–H and O–H groups in total. The number of hydrogen-bond donors (Lipinski definition) is 5. The fourth-order valence-corrected chi connectivity index (χ4v) is 1.71. The van der Waals surface area contributed by atoms with E-state index in [1.165, 1.54) is 13.2 Å². The van der Waals surface area contributed by atoms with Gasteiger partial charge in [0, 0.05) is 0 Å². The molecule has 0 saturated carbocycles. The van der Waals surface area contributed by atoms with E-state index in [1.54, 1.807) is 18.2 Å². The number of para-hydroxylation sites is 1. The Kier molecular flexibility index (Phi) is 7.22. The third kappa shape index (κ3) is 4.65. The number of esters is 1. The molecule has 0 bridgehead atoms. The monoisotopic (exact) mass is 316 g/mol. The largest absolute Gasteiger partial charge is 0.496 e. The highest BCUT2D eigenvalue weighted by Crippen LogP contribution is 2.18. The molecule has 8 heteroatoms. The molecule has 0 radical (unpaired) electrons. The van der Waals surface area contributed by atoms with Crippen LogP contribution in [0.4, 0.5) is 0 Å². The Balaban J connectivity index is 2.60. The van der Waals surface area contributed by atoms with Crippen LogP contribution in [0.2, 0.25) is 0 Å². The fraction of sp³-hybridized carbons (Fsp3) is 0.500. The molecule has 0 heterocycles. The minimum Gasteiger partial charge on any atom is -0.496 e. The maximum atomic E-state index is 11.9. The van der Waals surface area contributed by atoms with E-state index in [0.717, 1.165) is 0 Å². The Labute approximate surface area is 127 Å². The van der Waals surface area contributed by atoms with Gasteiger partial charge in [0.05, 0.1) is 13.7 Å². The average molecular weight is 316 g/mol. The van der Waals surface area contributed by atoms with Crippen LogP contribution in [-0.2, 0) is 4.74 Å². The van der Waals surface area contributed by atoms with E-state index >= 15 is 0 Å². The van der Waals surface area contributed by atoms with Gasteiger partial charge >= 0.3 is 5.97 Å².